The molecule has 2 rings (SSSR count). The number of aromatic nitrogens is 1. The quantitative estimate of drug-likeness (QED) is 0.620. The highest BCUT2D eigenvalue weighted by Gasteiger charge is 2.11. The van der Waals surface area contributed by atoms with Crippen molar-refractivity contribution in [2.75, 3.05) is 0 Å². The van der Waals surface area contributed by atoms with Gasteiger partial charge in [-0.2, -0.15) is 4.57 Å². The van der Waals surface area contributed by atoms with Crippen LogP contribution < -0.4 is 4.57 Å². The van der Waals surface area contributed by atoms with Gasteiger partial charge in [-0.15, -0.1) is 0 Å². The van der Waals surface area contributed by atoms with Crippen LogP contribution in [0.3, 0.4) is 0 Å². The van der Waals surface area contributed by atoms with E-state index in [0.717, 1.165) is 0 Å². The molecule has 0 saturated carbocycles. The fourth-order valence-corrected chi connectivity index (χ4v) is 1.86. The lowest BCUT2D eigenvalue weighted by atomic mass is 10.1. The number of benzene rings is 1. The Labute approximate surface area is 91.0 Å². The second-order valence-electron chi connectivity index (χ2n) is 4.02. The molecule has 0 fully saturated rings. The largest absolute Gasteiger partial charge is 0.216 e. The SMILES string of the molecule is Cc1cc[n+](-c2c(C)cccc2C)cc1. The number of hydrogen-bond acceptors (Lipinski definition) is 0. The van der Waals surface area contributed by atoms with E-state index in [1.807, 2.05) is 0 Å². The summed E-state index contributed by atoms with van der Waals surface area (Å²) < 4.78 is 2.18. The lowest BCUT2D eigenvalue weighted by molar-refractivity contribution is -0.596. The molecule has 0 unspecified atom stereocenters. The van der Waals surface area contributed by atoms with Crippen LogP contribution in [0.4, 0.5) is 0 Å². The molecular formula is C14H16N+. The van der Waals surface area contributed by atoms with E-state index in [4.69, 9.17) is 0 Å². The van der Waals surface area contributed by atoms with Gasteiger partial charge in [0.1, 0.15) is 0 Å². The Morgan fingerprint density at radius 1 is 0.800 bits per heavy atom. The van der Waals surface area contributed by atoms with Gasteiger partial charge in [0.05, 0.1) is 0 Å². The second kappa shape index (κ2) is 3.85. The van der Waals surface area contributed by atoms with Crippen molar-refractivity contribution in [2.24, 2.45) is 0 Å². The highest BCUT2D eigenvalue weighted by atomic mass is 14.9. The minimum Gasteiger partial charge on any atom is -0.167 e. The Hall–Kier alpha value is -1.63. The summed E-state index contributed by atoms with van der Waals surface area (Å²) >= 11 is 0. The van der Waals surface area contributed by atoms with E-state index >= 15 is 0 Å². The number of rotatable bonds is 1. The van der Waals surface area contributed by atoms with E-state index in [-0.39, 0.29) is 0 Å². The Balaban J connectivity index is 2.58. The van der Waals surface area contributed by atoms with E-state index < -0.39 is 0 Å². The van der Waals surface area contributed by atoms with Gasteiger partial charge in [0.25, 0.3) is 0 Å². The first kappa shape index (κ1) is 9.91. The molecule has 0 radical (unpaired) electrons. The molecule has 76 valence electrons. The van der Waals surface area contributed by atoms with Crippen molar-refractivity contribution in [3.8, 4) is 5.69 Å². The number of aryl methyl sites for hydroxylation is 3. The van der Waals surface area contributed by atoms with Crippen molar-refractivity contribution in [2.45, 2.75) is 20.8 Å². The molecule has 0 atom stereocenters. The summed E-state index contributed by atoms with van der Waals surface area (Å²) in [6, 6.07) is 10.7. The smallest absolute Gasteiger partial charge is 0.167 e. The highest BCUT2D eigenvalue weighted by molar-refractivity contribution is 5.39. The standard InChI is InChI=1S/C14H16N/c1-11-7-9-15(10-8-11)14-12(2)5-4-6-13(14)3/h4-10H,1-3H3/q+1. The molecule has 0 spiro atoms. The van der Waals surface area contributed by atoms with E-state index in [1.165, 1.54) is 22.4 Å². The van der Waals surface area contributed by atoms with E-state index in [1.54, 1.807) is 0 Å². The third-order valence-corrected chi connectivity index (χ3v) is 2.69. The van der Waals surface area contributed by atoms with E-state index in [9.17, 15) is 0 Å². The van der Waals surface area contributed by atoms with Gasteiger partial charge in [-0.05, 0) is 26.3 Å². The van der Waals surface area contributed by atoms with Crippen LogP contribution in [0.1, 0.15) is 16.7 Å². The molecule has 15 heavy (non-hydrogen) atoms. The molecule has 1 heterocycles. The van der Waals surface area contributed by atoms with Crippen LogP contribution in [0, 0.1) is 20.8 Å². The van der Waals surface area contributed by atoms with Crippen LogP contribution in [0.15, 0.2) is 42.7 Å². The average molecular weight is 198 g/mol. The summed E-state index contributed by atoms with van der Waals surface area (Å²) in [5.74, 6) is 0. The summed E-state index contributed by atoms with van der Waals surface area (Å²) in [7, 11) is 0. The molecule has 0 aliphatic rings. The van der Waals surface area contributed by atoms with Gasteiger partial charge in [-0.25, -0.2) is 0 Å². The second-order valence-corrected chi connectivity index (χ2v) is 4.02. The maximum Gasteiger partial charge on any atom is 0.216 e. The summed E-state index contributed by atoms with van der Waals surface area (Å²) in [6.45, 7) is 6.40. The van der Waals surface area contributed by atoms with Gasteiger partial charge in [0.2, 0.25) is 5.69 Å². The number of pyridine rings is 1. The van der Waals surface area contributed by atoms with Gasteiger partial charge >= 0.3 is 0 Å². The minimum absolute atomic E-state index is 1.29. The van der Waals surface area contributed by atoms with Crippen molar-refractivity contribution in [1.82, 2.24) is 0 Å². The zero-order valence-electron chi connectivity index (χ0n) is 9.49. The monoisotopic (exact) mass is 198 g/mol. The molecule has 0 aliphatic heterocycles. The molecule has 1 aromatic heterocycles. The normalized spacial score (nSPS) is 10.3. The van der Waals surface area contributed by atoms with Crippen LogP contribution >= 0.6 is 0 Å². The van der Waals surface area contributed by atoms with Gasteiger partial charge in [0, 0.05) is 23.3 Å². The highest BCUT2D eigenvalue weighted by Crippen LogP contribution is 2.12. The summed E-state index contributed by atoms with van der Waals surface area (Å²) in [5.41, 5.74) is 5.20. The maximum atomic E-state index is 2.18. The lowest BCUT2D eigenvalue weighted by Crippen LogP contribution is -2.31. The van der Waals surface area contributed by atoms with Crippen molar-refractivity contribution in [3.63, 3.8) is 0 Å². The molecule has 0 N–H and O–H groups in total. The third-order valence-electron chi connectivity index (χ3n) is 2.69. The Kier molecular flexibility index (Phi) is 2.55. The van der Waals surface area contributed by atoms with Crippen molar-refractivity contribution in [1.29, 1.82) is 0 Å². The molecule has 1 nitrogen and oxygen atoms in total. The predicted molar refractivity (Wildman–Crippen MR) is 62.2 cm³/mol. The van der Waals surface area contributed by atoms with Gasteiger partial charge in [-0.3, -0.25) is 0 Å². The van der Waals surface area contributed by atoms with E-state index in [0.29, 0.717) is 0 Å². The lowest BCUT2D eigenvalue weighted by Gasteiger charge is -2.03. The Morgan fingerprint density at radius 2 is 1.33 bits per heavy atom. The van der Waals surface area contributed by atoms with Gasteiger partial charge in [-0.1, -0.05) is 18.2 Å². The topological polar surface area (TPSA) is 3.88 Å². The molecule has 0 saturated heterocycles. The van der Waals surface area contributed by atoms with Crippen molar-refractivity contribution >= 4 is 0 Å². The number of nitrogens with zero attached hydrogens (tertiary/aromatic N) is 1. The first-order valence-corrected chi connectivity index (χ1v) is 5.23. The molecule has 2 aromatic rings. The van der Waals surface area contributed by atoms with Crippen LogP contribution in [0.5, 0.6) is 0 Å². The fourth-order valence-electron chi connectivity index (χ4n) is 1.86. The summed E-state index contributed by atoms with van der Waals surface area (Å²) in [6.07, 6.45) is 4.23. The molecule has 0 amide bonds. The molecule has 0 aliphatic carbocycles. The molecule has 1 aromatic carbocycles. The number of para-hydroxylation sites is 1. The average Bonchev–Trinajstić information content (AvgIpc) is 2.20. The summed E-state index contributed by atoms with van der Waals surface area (Å²) in [5, 5.41) is 0. The predicted octanol–water partition coefficient (Wildman–Crippen LogP) is 2.89. The molecular weight excluding hydrogens is 182 g/mol. The van der Waals surface area contributed by atoms with Crippen LogP contribution in [-0.4, -0.2) is 0 Å². The van der Waals surface area contributed by atoms with Crippen molar-refractivity contribution in [3.05, 3.63) is 59.4 Å². The van der Waals surface area contributed by atoms with Crippen molar-refractivity contribution < 1.29 is 4.57 Å². The first-order valence-electron chi connectivity index (χ1n) is 5.23. The number of hydrogen-bond donors (Lipinski definition) is 0. The minimum atomic E-state index is 1.29. The Morgan fingerprint density at radius 3 is 1.87 bits per heavy atom. The summed E-state index contributed by atoms with van der Waals surface area (Å²) in [4.78, 5) is 0. The van der Waals surface area contributed by atoms with Gasteiger partial charge < -0.3 is 0 Å². The first-order chi connectivity index (χ1) is 7.18. The Bertz CT molecular complexity index is 449. The van der Waals surface area contributed by atoms with Crippen LogP contribution in [0.25, 0.3) is 5.69 Å². The van der Waals surface area contributed by atoms with Crippen LogP contribution in [-0.2, 0) is 0 Å². The zero-order chi connectivity index (χ0) is 10.8. The zero-order valence-corrected chi connectivity index (χ0v) is 9.49. The fraction of sp³-hybridized carbons (Fsp3) is 0.214. The third kappa shape index (κ3) is 1.91. The maximum absolute atomic E-state index is 2.18. The van der Waals surface area contributed by atoms with Gasteiger partial charge in [0.15, 0.2) is 12.4 Å². The molecule has 1 heteroatoms. The molecule has 0 bridgehead atoms. The van der Waals surface area contributed by atoms with Crippen LogP contribution in [0.2, 0.25) is 0 Å². The van der Waals surface area contributed by atoms with E-state index in [2.05, 4.69) is 68.1 Å².